The second-order valence-electron chi connectivity index (χ2n) is 8.24. The molecule has 3 aromatic rings. The predicted octanol–water partition coefficient (Wildman–Crippen LogP) is 4.90. The summed E-state index contributed by atoms with van der Waals surface area (Å²) in [5, 5.41) is 11.6. The summed E-state index contributed by atoms with van der Waals surface area (Å²) in [5.41, 5.74) is 3.80. The van der Waals surface area contributed by atoms with Gasteiger partial charge in [0.05, 0.1) is 6.54 Å². The van der Waals surface area contributed by atoms with Gasteiger partial charge in [0.25, 0.3) is 0 Å². The molecule has 34 heavy (non-hydrogen) atoms. The lowest BCUT2D eigenvalue weighted by atomic mass is 10.1. The van der Waals surface area contributed by atoms with Gasteiger partial charge in [-0.15, -0.1) is 0 Å². The number of amides is 3. The Labute approximate surface area is 200 Å². The topological polar surface area (TPSA) is 99.3 Å². The number of carbonyl (C=O) groups excluding carboxylic acids is 3. The Balaban J connectivity index is 1.44. The van der Waals surface area contributed by atoms with Crippen LogP contribution in [0.3, 0.4) is 0 Å². The first-order valence-corrected chi connectivity index (χ1v) is 11.3. The van der Waals surface area contributed by atoms with Crippen molar-refractivity contribution in [2.75, 3.05) is 27.8 Å². The third-order valence-electron chi connectivity index (χ3n) is 5.04. The molecule has 0 aliphatic rings. The van der Waals surface area contributed by atoms with Crippen LogP contribution in [-0.2, 0) is 20.8 Å². The highest BCUT2D eigenvalue weighted by Crippen LogP contribution is 2.17. The Morgan fingerprint density at radius 1 is 0.676 bits per heavy atom. The van der Waals surface area contributed by atoms with E-state index in [0.29, 0.717) is 29.9 Å². The van der Waals surface area contributed by atoms with E-state index in [9.17, 15) is 14.4 Å². The minimum absolute atomic E-state index is 0.0466. The molecule has 0 aromatic heterocycles. The third-order valence-corrected chi connectivity index (χ3v) is 5.04. The number of hydrogen-bond acceptors (Lipinski definition) is 4. The smallest absolute Gasteiger partial charge is 0.243 e. The van der Waals surface area contributed by atoms with Crippen molar-refractivity contribution in [2.45, 2.75) is 26.7 Å². The van der Waals surface area contributed by atoms with Gasteiger partial charge >= 0.3 is 0 Å². The summed E-state index contributed by atoms with van der Waals surface area (Å²) in [5.74, 6) is -0.441. The van der Waals surface area contributed by atoms with E-state index in [2.05, 4.69) is 21.3 Å². The van der Waals surface area contributed by atoms with Crippen molar-refractivity contribution in [2.24, 2.45) is 5.92 Å². The average molecular weight is 459 g/mol. The van der Waals surface area contributed by atoms with E-state index < -0.39 is 0 Å². The zero-order valence-electron chi connectivity index (χ0n) is 19.4. The Bertz CT molecular complexity index is 1110. The molecule has 7 heteroatoms. The SMILES string of the molecule is CC(C)C(=O)Nc1ccc(NCC(=O)Nc2cccc(NC(=O)CCc3ccccc3)c2)cc1. The van der Waals surface area contributed by atoms with Crippen molar-refractivity contribution < 1.29 is 14.4 Å². The summed E-state index contributed by atoms with van der Waals surface area (Å²) in [4.78, 5) is 36.4. The number of benzene rings is 3. The van der Waals surface area contributed by atoms with Crippen molar-refractivity contribution in [3.05, 3.63) is 84.4 Å². The van der Waals surface area contributed by atoms with Crippen LogP contribution in [0.5, 0.6) is 0 Å². The lowest BCUT2D eigenvalue weighted by Crippen LogP contribution is -2.22. The second kappa shape index (κ2) is 12.2. The van der Waals surface area contributed by atoms with Crippen LogP contribution >= 0.6 is 0 Å². The highest BCUT2D eigenvalue weighted by molar-refractivity contribution is 5.96. The first-order valence-electron chi connectivity index (χ1n) is 11.3. The van der Waals surface area contributed by atoms with Crippen LogP contribution in [0.25, 0.3) is 0 Å². The van der Waals surface area contributed by atoms with Gasteiger partial charge in [0, 0.05) is 35.1 Å². The van der Waals surface area contributed by atoms with Crippen LogP contribution in [0, 0.1) is 5.92 Å². The molecule has 4 N–H and O–H groups in total. The number of anilines is 4. The van der Waals surface area contributed by atoms with E-state index in [1.165, 1.54) is 0 Å². The maximum absolute atomic E-state index is 12.3. The maximum Gasteiger partial charge on any atom is 0.243 e. The van der Waals surface area contributed by atoms with Crippen LogP contribution in [0.15, 0.2) is 78.9 Å². The van der Waals surface area contributed by atoms with Crippen molar-refractivity contribution in [3.63, 3.8) is 0 Å². The minimum atomic E-state index is -0.218. The molecular weight excluding hydrogens is 428 g/mol. The first-order chi connectivity index (χ1) is 16.4. The molecule has 0 heterocycles. The molecule has 0 aliphatic carbocycles. The Morgan fingerprint density at radius 2 is 1.29 bits per heavy atom. The van der Waals surface area contributed by atoms with Gasteiger partial charge in [0.2, 0.25) is 17.7 Å². The number of hydrogen-bond donors (Lipinski definition) is 4. The fourth-order valence-electron chi connectivity index (χ4n) is 3.15. The summed E-state index contributed by atoms with van der Waals surface area (Å²) in [6.07, 6.45) is 1.05. The van der Waals surface area contributed by atoms with Crippen molar-refractivity contribution in [1.29, 1.82) is 0 Å². The predicted molar refractivity (Wildman–Crippen MR) is 137 cm³/mol. The molecule has 0 radical (unpaired) electrons. The van der Waals surface area contributed by atoms with E-state index in [-0.39, 0.29) is 30.2 Å². The quantitative estimate of drug-likeness (QED) is 0.347. The van der Waals surface area contributed by atoms with E-state index in [4.69, 9.17) is 0 Å². The standard InChI is InChI=1S/C27H30N4O3/c1-19(2)27(34)31-22-14-12-21(13-15-22)28-18-26(33)30-24-10-6-9-23(17-24)29-25(32)16-11-20-7-4-3-5-8-20/h3-10,12-15,17,19,28H,11,16,18H2,1-2H3,(H,29,32)(H,30,33)(H,31,34). The molecule has 7 nitrogen and oxygen atoms in total. The maximum atomic E-state index is 12.3. The molecule has 0 saturated carbocycles. The fraction of sp³-hybridized carbons (Fsp3) is 0.222. The van der Waals surface area contributed by atoms with Crippen molar-refractivity contribution in [3.8, 4) is 0 Å². The molecular formula is C27H30N4O3. The zero-order chi connectivity index (χ0) is 24.3. The van der Waals surface area contributed by atoms with E-state index in [1.807, 2.05) is 44.2 Å². The van der Waals surface area contributed by atoms with E-state index in [1.54, 1.807) is 48.5 Å². The second-order valence-corrected chi connectivity index (χ2v) is 8.24. The van der Waals surface area contributed by atoms with Crippen molar-refractivity contribution >= 4 is 40.5 Å². The number of nitrogens with one attached hydrogen (secondary N) is 4. The molecule has 0 fully saturated rings. The molecule has 0 saturated heterocycles. The number of aryl methyl sites for hydroxylation is 1. The van der Waals surface area contributed by atoms with Crippen LogP contribution in [0.2, 0.25) is 0 Å². The summed E-state index contributed by atoms with van der Waals surface area (Å²) in [7, 11) is 0. The summed E-state index contributed by atoms with van der Waals surface area (Å²) < 4.78 is 0. The van der Waals surface area contributed by atoms with E-state index in [0.717, 1.165) is 11.3 Å². The summed E-state index contributed by atoms with van der Waals surface area (Å²) in [6.45, 7) is 3.74. The van der Waals surface area contributed by atoms with Crippen LogP contribution in [0.1, 0.15) is 25.8 Å². The number of rotatable bonds is 10. The fourth-order valence-corrected chi connectivity index (χ4v) is 3.15. The van der Waals surface area contributed by atoms with Gasteiger partial charge in [-0.2, -0.15) is 0 Å². The van der Waals surface area contributed by atoms with Gasteiger partial charge in [-0.25, -0.2) is 0 Å². The van der Waals surface area contributed by atoms with Gasteiger partial charge in [-0.1, -0.05) is 50.2 Å². The highest BCUT2D eigenvalue weighted by atomic mass is 16.2. The van der Waals surface area contributed by atoms with Gasteiger partial charge in [0.15, 0.2) is 0 Å². The molecule has 0 atom stereocenters. The molecule has 0 aliphatic heterocycles. The van der Waals surface area contributed by atoms with Gasteiger partial charge in [0.1, 0.15) is 0 Å². The monoisotopic (exact) mass is 458 g/mol. The van der Waals surface area contributed by atoms with E-state index >= 15 is 0 Å². The molecule has 3 rings (SSSR count). The lowest BCUT2D eigenvalue weighted by molar-refractivity contribution is -0.119. The zero-order valence-corrected chi connectivity index (χ0v) is 19.4. The summed E-state index contributed by atoms with van der Waals surface area (Å²) >= 11 is 0. The lowest BCUT2D eigenvalue weighted by Gasteiger charge is -2.11. The third kappa shape index (κ3) is 8.09. The molecule has 0 unspecified atom stereocenters. The molecule has 0 bridgehead atoms. The largest absolute Gasteiger partial charge is 0.376 e. The highest BCUT2D eigenvalue weighted by Gasteiger charge is 2.08. The number of carbonyl (C=O) groups is 3. The van der Waals surface area contributed by atoms with Crippen LogP contribution in [0.4, 0.5) is 22.7 Å². The Kier molecular flexibility index (Phi) is 8.80. The molecule has 0 spiro atoms. The first kappa shape index (κ1) is 24.5. The van der Waals surface area contributed by atoms with Gasteiger partial charge < -0.3 is 21.3 Å². The molecule has 3 amide bonds. The van der Waals surface area contributed by atoms with Crippen molar-refractivity contribution in [1.82, 2.24) is 0 Å². The normalized spacial score (nSPS) is 10.4. The molecule has 3 aromatic carbocycles. The van der Waals surface area contributed by atoms with Crippen LogP contribution in [-0.4, -0.2) is 24.3 Å². The van der Waals surface area contributed by atoms with Crippen LogP contribution < -0.4 is 21.3 Å². The van der Waals surface area contributed by atoms with Gasteiger partial charge in [-0.3, -0.25) is 14.4 Å². The molecule has 176 valence electrons. The Morgan fingerprint density at radius 3 is 1.94 bits per heavy atom. The average Bonchev–Trinajstić information content (AvgIpc) is 2.83. The summed E-state index contributed by atoms with van der Waals surface area (Å²) in [6, 6.07) is 24.1. The Hall–Kier alpha value is -4.13. The van der Waals surface area contributed by atoms with Gasteiger partial charge in [-0.05, 0) is 54.4 Å². The minimum Gasteiger partial charge on any atom is -0.376 e.